The van der Waals surface area contributed by atoms with Crippen LogP contribution in [0, 0.1) is 6.92 Å². The molecule has 0 unspecified atom stereocenters. The molecule has 23 heavy (non-hydrogen) atoms. The number of hydrogen-bond acceptors (Lipinski definition) is 4. The lowest BCUT2D eigenvalue weighted by Gasteiger charge is -2.26. The largest absolute Gasteiger partial charge is 0.370 e. The summed E-state index contributed by atoms with van der Waals surface area (Å²) in [6.45, 7) is 4.36. The van der Waals surface area contributed by atoms with Crippen molar-refractivity contribution in [2.45, 2.75) is 19.8 Å². The highest BCUT2D eigenvalue weighted by molar-refractivity contribution is 5.77. The van der Waals surface area contributed by atoms with Crippen LogP contribution in [0.2, 0.25) is 0 Å². The lowest BCUT2D eigenvalue weighted by atomic mass is 10.1. The van der Waals surface area contributed by atoms with Crippen LogP contribution < -0.4 is 0 Å². The molecule has 0 aliphatic carbocycles. The average molecular weight is 311 g/mol. The molecule has 2 heterocycles. The zero-order chi connectivity index (χ0) is 16.1. The lowest BCUT2D eigenvalue weighted by molar-refractivity contribution is -0.142. The molecule has 120 valence electrons. The molecule has 0 spiro atoms. The van der Waals surface area contributed by atoms with Gasteiger partial charge in [-0.3, -0.25) is 4.79 Å². The molecule has 0 radical (unpaired) electrons. The van der Waals surface area contributed by atoms with E-state index < -0.39 is 0 Å². The van der Waals surface area contributed by atoms with E-state index in [2.05, 4.69) is 23.2 Å². The number of carbonyl (C=O) groups is 1. The molecular formula is C18H21N3O2. The Morgan fingerprint density at radius 1 is 1.22 bits per heavy atom. The Bertz CT molecular complexity index is 673. The predicted molar refractivity (Wildman–Crippen MR) is 87.9 cm³/mol. The Hall–Kier alpha value is -2.27. The van der Waals surface area contributed by atoms with E-state index in [-0.39, 0.29) is 12.5 Å². The number of morpholine rings is 1. The third-order valence-electron chi connectivity index (χ3n) is 4.08. The van der Waals surface area contributed by atoms with Gasteiger partial charge in [0.15, 0.2) is 0 Å². The van der Waals surface area contributed by atoms with Gasteiger partial charge in [-0.25, -0.2) is 0 Å². The van der Waals surface area contributed by atoms with Crippen LogP contribution in [0.15, 0.2) is 36.4 Å². The normalized spacial score (nSPS) is 15.0. The maximum atomic E-state index is 11.7. The van der Waals surface area contributed by atoms with Gasteiger partial charge in [0.1, 0.15) is 6.61 Å². The van der Waals surface area contributed by atoms with E-state index in [1.54, 1.807) is 0 Å². The van der Waals surface area contributed by atoms with E-state index in [9.17, 15) is 4.79 Å². The SMILES string of the molecule is Cc1cc(-c2ccccc2)nnc1CCCN1CCOCC1=O. The average Bonchev–Trinajstić information content (AvgIpc) is 2.59. The van der Waals surface area contributed by atoms with Crippen LogP contribution in [0.3, 0.4) is 0 Å². The molecule has 2 aromatic rings. The third kappa shape index (κ3) is 3.93. The first-order valence-electron chi connectivity index (χ1n) is 7.98. The zero-order valence-corrected chi connectivity index (χ0v) is 13.4. The molecule has 0 N–H and O–H groups in total. The van der Waals surface area contributed by atoms with E-state index in [0.717, 1.165) is 41.9 Å². The van der Waals surface area contributed by atoms with E-state index in [4.69, 9.17) is 4.74 Å². The number of ether oxygens (including phenoxy) is 1. The molecule has 0 atom stereocenters. The Balaban J connectivity index is 1.59. The van der Waals surface area contributed by atoms with E-state index in [1.165, 1.54) is 0 Å². The Labute approximate surface area is 136 Å². The first kappa shape index (κ1) is 15.6. The molecule has 5 heteroatoms. The molecular weight excluding hydrogens is 290 g/mol. The Kier molecular flexibility index (Phi) is 4.98. The summed E-state index contributed by atoms with van der Waals surface area (Å²) < 4.78 is 5.14. The molecule has 0 bridgehead atoms. The smallest absolute Gasteiger partial charge is 0.248 e. The number of carbonyl (C=O) groups excluding carboxylic acids is 1. The van der Waals surface area contributed by atoms with Crippen molar-refractivity contribution in [1.29, 1.82) is 0 Å². The van der Waals surface area contributed by atoms with Crippen molar-refractivity contribution in [3.63, 3.8) is 0 Å². The molecule has 5 nitrogen and oxygen atoms in total. The lowest BCUT2D eigenvalue weighted by Crippen LogP contribution is -2.42. The predicted octanol–water partition coefficient (Wildman–Crippen LogP) is 2.24. The number of aryl methyl sites for hydroxylation is 2. The fourth-order valence-electron chi connectivity index (χ4n) is 2.73. The summed E-state index contributed by atoms with van der Waals surface area (Å²) in [5.74, 6) is 0.0819. The van der Waals surface area contributed by atoms with E-state index in [0.29, 0.717) is 13.2 Å². The fourth-order valence-corrected chi connectivity index (χ4v) is 2.73. The highest BCUT2D eigenvalue weighted by Gasteiger charge is 2.17. The second kappa shape index (κ2) is 7.33. The molecule has 3 rings (SSSR count). The van der Waals surface area contributed by atoms with Gasteiger partial charge in [0.25, 0.3) is 0 Å². The minimum atomic E-state index is 0.0819. The third-order valence-corrected chi connectivity index (χ3v) is 4.08. The van der Waals surface area contributed by atoms with Crippen LogP contribution in [-0.2, 0) is 16.0 Å². The van der Waals surface area contributed by atoms with Gasteiger partial charge in [-0.15, -0.1) is 0 Å². The maximum Gasteiger partial charge on any atom is 0.248 e. The molecule has 1 aliphatic rings. The monoisotopic (exact) mass is 311 g/mol. The number of aromatic nitrogens is 2. The van der Waals surface area contributed by atoms with Crippen molar-refractivity contribution >= 4 is 5.91 Å². The van der Waals surface area contributed by atoms with Crippen molar-refractivity contribution in [3.05, 3.63) is 47.7 Å². The molecule has 1 aliphatic heterocycles. The summed E-state index contributed by atoms with van der Waals surface area (Å²) in [5.41, 5.74) is 4.13. The second-order valence-electron chi connectivity index (χ2n) is 5.76. The fraction of sp³-hybridized carbons (Fsp3) is 0.389. The highest BCUT2D eigenvalue weighted by Crippen LogP contribution is 2.18. The molecule has 1 aromatic carbocycles. The van der Waals surface area contributed by atoms with Gasteiger partial charge < -0.3 is 9.64 Å². The summed E-state index contributed by atoms with van der Waals surface area (Å²) >= 11 is 0. The van der Waals surface area contributed by atoms with Gasteiger partial charge >= 0.3 is 0 Å². The minimum Gasteiger partial charge on any atom is -0.370 e. The summed E-state index contributed by atoms with van der Waals surface area (Å²) in [6.07, 6.45) is 1.73. The van der Waals surface area contributed by atoms with Crippen LogP contribution in [0.5, 0.6) is 0 Å². The number of benzene rings is 1. The van der Waals surface area contributed by atoms with Gasteiger partial charge in [0.2, 0.25) is 5.91 Å². The van der Waals surface area contributed by atoms with Gasteiger partial charge in [-0.1, -0.05) is 30.3 Å². The van der Waals surface area contributed by atoms with Crippen molar-refractivity contribution in [2.24, 2.45) is 0 Å². The molecule has 1 saturated heterocycles. The van der Waals surface area contributed by atoms with Crippen LogP contribution in [0.1, 0.15) is 17.7 Å². The van der Waals surface area contributed by atoms with E-state index in [1.807, 2.05) is 35.2 Å². The zero-order valence-electron chi connectivity index (χ0n) is 13.4. The molecule has 1 amide bonds. The first-order chi connectivity index (χ1) is 11.2. The van der Waals surface area contributed by atoms with Gasteiger partial charge in [0, 0.05) is 18.7 Å². The molecule has 1 fully saturated rings. The summed E-state index contributed by atoms with van der Waals surface area (Å²) in [7, 11) is 0. The van der Waals surface area contributed by atoms with Gasteiger partial charge in [0.05, 0.1) is 18.0 Å². The standard InChI is InChI=1S/C18H21N3O2/c1-14-12-17(15-6-3-2-4-7-15)20-19-16(14)8-5-9-21-10-11-23-13-18(21)22/h2-4,6-7,12H,5,8-11,13H2,1H3. The summed E-state index contributed by atoms with van der Waals surface area (Å²) in [6, 6.07) is 12.1. The van der Waals surface area contributed by atoms with Crippen molar-refractivity contribution in [2.75, 3.05) is 26.3 Å². The highest BCUT2D eigenvalue weighted by atomic mass is 16.5. The van der Waals surface area contributed by atoms with Crippen LogP contribution in [0.25, 0.3) is 11.3 Å². The van der Waals surface area contributed by atoms with Crippen LogP contribution in [-0.4, -0.2) is 47.3 Å². The number of rotatable bonds is 5. The Morgan fingerprint density at radius 3 is 2.78 bits per heavy atom. The Morgan fingerprint density at radius 2 is 2.04 bits per heavy atom. The van der Waals surface area contributed by atoms with Gasteiger partial charge in [-0.2, -0.15) is 10.2 Å². The van der Waals surface area contributed by atoms with Crippen LogP contribution in [0.4, 0.5) is 0 Å². The number of amides is 1. The van der Waals surface area contributed by atoms with Gasteiger partial charge in [-0.05, 0) is 31.4 Å². The van der Waals surface area contributed by atoms with Crippen molar-refractivity contribution in [3.8, 4) is 11.3 Å². The number of hydrogen-bond donors (Lipinski definition) is 0. The topological polar surface area (TPSA) is 55.3 Å². The molecule has 1 aromatic heterocycles. The maximum absolute atomic E-state index is 11.7. The molecule has 0 saturated carbocycles. The van der Waals surface area contributed by atoms with E-state index >= 15 is 0 Å². The first-order valence-corrected chi connectivity index (χ1v) is 7.98. The minimum absolute atomic E-state index is 0.0819. The summed E-state index contributed by atoms with van der Waals surface area (Å²) in [4.78, 5) is 13.5. The van der Waals surface area contributed by atoms with Crippen molar-refractivity contribution < 1.29 is 9.53 Å². The van der Waals surface area contributed by atoms with Crippen molar-refractivity contribution in [1.82, 2.24) is 15.1 Å². The quantitative estimate of drug-likeness (QED) is 0.850. The van der Waals surface area contributed by atoms with Crippen LogP contribution >= 0.6 is 0 Å². The number of nitrogens with zero attached hydrogens (tertiary/aromatic N) is 3. The second-order valence-corrected chi connectivity index (χ2v) is 5.76. The summed E-state index contributed by atoms with van der Waals surface area (Å²) in [5, 5.41) is 8.72.